The van der Waals surface area contributed by atoms with Crippen molar-refractivity contribution in [3.05, 3.63) is 12.2 Å². The van der Waals surface area contributed by atoms with E-state index in [1.165, 1.54) is 0 Å². The van der Waals surface area contributed by atoms with Crippen LogP contribution in [0.25, 0.3) is 0 Å². The maximum Gasteiger partial charge on any atom is 0.186 e. The molecule has 7 atom stereocenters. The molecule has 27 heavy (non-hydrogen) atoms. The summed E-state index contributed by atoms with van der Waals surface area (Å²) >= 11 is 0. The van der Waals surface area contributed by atoms with Gasteiger partial charge in [0.25, 0.3) is 0 Å². The summed E-state index contributed by atoms with van der Waals surface area (Å²) in [7, 11) is 0. The fourth-order valence-corrected chi connectivity index (χ4v) is 3.58. The first-order valence-electron chi connectivity index (χ1n) is 9.14. The molecule has 0 unspecified atom stereocenters. The Hall–Kier alpha value is -1.36. The van der Waals surface area contributed by atoms with E-state index in [4.69, 9.17) is 14.6 Å². The molecule has 1 saturated heterocycles. The van der Waals surface area contributed by atoms with Crippen LogP contribution in [0.5, 0.6) is 0 Å². The first-order chi connectivity index (χ1) is 12.8. The number of ether oxygens (including phenoxy) is 2. The van der Waals surface area contributed by atoms with E-state index in [9.17, 15) is 30.0 Å². The monoisotopic (exact) mass is 387 g/mol. The summed E-state index contributed by atoms with van der Waals surface area (Å²) in [6, 6.07) is 0. The number of carboxylic acids is 1. The van der Waals surface area contributed by atoms with Crippen LogP contribution in [0, 0.1) is 11.8 Å². The van der Waals surface area contributed by atoms with E-state index >= 15 is 0 Å². The molecular formula is C18H27O9-. The Balaban J connectivity index is 1.73. The topological polar surface area (TPSA) is 157 Å². The minimum absolute atomic E-state index is 0.0727. The number of ketones is 1. The molecule has 4 N–H and O–H groups in total. The van der Waals surface area contributed by atoms with E-state index in [0.717, 1.165) is 0 Å². The average Bonchev–Trinajstić information content (AvgIpc) is 2.96. The van der Waals surface area contributed by atoms with Crippen LogP contribution in [0.4, 0.5) is 0 Å². The number of hydrogen-bond donors (Lipinski definition) is 4. The third-order valence-electron chi connectivity index (χ3n) is 5.14. The Kier molecular flexibility index (Phi) is 8.33. The molecule has 2 aliphatic rings. The van der Waals surface area contributed by atoms with Gasteiger partial charge in [-0.25, -0.2) is 0 Å². The second-order valence-electron chi connectivity index (χ2n) is 7.01. The van der Waals surface area contributed by atoms with Crippen molar-refractivity contribution < 1.29 is 44.6 Å². The lowest BCUT2D eigenvalue weighted by atomic mass is 9.89. The summed E-state index contributed by atoms with van der Waals surface area (Å²) in [4.78, 5) is 22.6. The van der Waals surface area contributed by atoms with Gasteiger partial charge in [0.2, 0.25) is 0 Å². The molecule has 154 valence electrons. The normalized spacial score (nSPS) is 37.2. The zero-order valence-corrected chi connectivity index (χ0v) is 15.0. The minimum atomic E-state index is -1.48. The van der Waals surface area contributed by atoms with E-state index in [0.29, 0.717) is 25.7 Å². The molecule has 1 heterocycles. The number of rotatable bonds is 9. The molecule has 9 heteroatoms. The molecule has 2 rings (SSSR count). The highest BCUT2D eigenvalue weighted by atomic mass is 16.7. The summed E-state index contributed by atoms with van der Waals surface area (Å²) < 4.78 is 10.6. The van der Waals surface area contributed by atoms with Gasteiger partial charge in [-0.3, -0.25) is 4.79 Å². The Morgan fingerprint density at radius 2 is 1.96 bits per heavy atom. The summed E-state index contributed by atoms with van der Waals surface area (Å²) in [6.07, 6.45) is -1.18. The molecule has 0 bridgehead atoms. The lowest BCUT2D eigenvalue weighted by molar-refractivity contribution is -0.307. The fourth-order valence-electron chi connectivity index (χ4n) is 3.58. The summed E-state index contributed by atoms with van der Waals surface area (Å²) in [5.41, 5.74) is 0. The van der Waals surface area contributed by atoms with Crippen LogP contribution < -0.4 is 5.11 Å². The van der Waals surface area contributed by atoms with E-state index in [1.54, 1.807) is 12.2 Å². The number of carbonyl (C=O) groups is 2. The molecule has 0 aromatic rings. The first-order valence-corrected chi connectivity index (χ1v) is 9.14. The first kappa shape index (κ1) is 21.9. The quantitative estimate of drug-likeness (QED) is 0.256. The number of aliphatic carboxylic acids is 1. The molecule has 0 spiro atoms. The zero-order valence-electron chi connectivity index (χ0n) is 15.0. The predicted octanol–water partition coefficient (Wildman–Crippen LogP) is -2.13. The summed E-state index contributed by atoms with van der Waals surface area (Å²) in [5.74, 6) is -1.55. The third-order valence-corrected chi connectivity index (χ3v) is 5.14. The fraction of sp³-hybridized carbons (Fsp3) is 0.778. The highest BCUT2D eigenvalue weighted by molar-refractivity contribution is 5.84. The van der Waals surface area contributed by atoms with Crippen LogP contribution in [-0.2, 0) is 19.1 Å². The minimum Gasteiger partial charge on any atom is -0.550 e. The van der Waals surface area contributed by atoms with Gasteiger partial charge >= 0.3 is 0 Å². The van der Waals surface area contributed by atoms with E-state index in [1.807, 2.05) is 0 Å². The molecule has 1 aliphatic carbocycles. The Morgan fingerprint density at radius 3 is 2.63 bits per heavy atom. The smallest absolute Gasteiger partial charge is 0.186 e. The summed E-state index contributed by atoms with van der Waals surface area (Å²) in [5, 5.41) is 49.1. The van der Waals surface area contributed by atoms with Crippen molar-refractivity contribution in [2.45, 2.75) is 62.8 Å². The number of Topliss-reactive ketones (excluding diaryl/α,β-unsaturated/α-hetero) is 1. The summed E-state index contributed by atoms with van der Waals surface area (Å²) in [6.45, 7) is -0.368. The van der Waals surface area contributed by atoms with Crippen LogP contribution >= 0.6 is 0 Å². The zero-order chi connectivity index (χ0) is 20.0. The van der Waals surface area contributed by atoms with Gasteiger partial charge in [-0.05, 0) is 31.6 Å². The van der Waals surface area contributed by atoms with Gasteiger partial charge in [-0.1, -0.05) is 12.2 Å². The molecule has 0 aromatic carbocycles. The van der Waals surface area contributed by atoms with Gasteiger partial charge in [0.1, 0.15) is 30.2 Å². The van der Waals surface area contributed by atoms with Crippen molar-refractivity contribution in [2.75, 3.05) is 13.2 Å². The van der Waals surface area contributed by atoms with Gasteiger partial charge in [0.15, 0.2) is 6.29 Å². The number of carbonyl (C=O) groups excluding carboxylic acids is 2. The maximum absolute atomic E-state index is 11.9. The van der Waals surface area contributed by atoms with Crippen molar-refractivity contribution in [2.24, 2.45) is 11.8 Å². The number of allylic oxidation sites excluding steroid dienone is 1. The van der Waals surface area contributed by atoms with Crippen LogP contribution in [0.1, 0.15) is 32.1 Å². The second kappa shape index (κ2) is 10.3. The molecule has 1 saturated carbocycles. The molecule has 0 radical (unpaired) electrons. The number of aliphatic hydroxyl groups excluding tert-OH is 4. The Bertz CT molecular complexity index is 533. The Morgan fingerprint density at radius 1 is 1.22 bits per heavy atom. The molecule has 1 aliphatic heterocycles. The highest BCUT2D eigenvalue weighted by Gasteiger charge is 2.43. The molecule has 0 aromatic heterocycles. The van der Waals surface area contributed by atoms with Crippen LogP contribution in [0.15, 0.2) is 12.2 Å². The lowest BCUT2D eigenvalue weighted by Crippen LogP contribution is -2.59. The van der Waals surface area contributed by atoms with Crippen molar-refractivity contribution in [3.8, 4) is 0 Å². The van der Waals surface area contributed by atoms with Crippen LogP contribution in [0.2, 0.25) is 0 Å². The number of hydrogen-bond acceptors (Lipinski definition) is 9. The van der Waals surface area contributed by atoms with Crippen molar-refractivity contribution in [1.29, 1.82) is 0 Å². The number of aliphatic hydroxyl groups is 4. The lowest BCUT2D eigenvalue weighted by Gasteiger charge is -2.39. The van der Waals surface area contributed by atoms with E-state index < -0.39 is 43.3 Å². The third kappa shape index (κ3) is 5.81. The molecule has 2 fully saturated rings. The van der Waals surface area contributed by atoms with Gasteiger partial charge in [-0.2, -0.15) is 0 Å². The molecule has 9 nitrogen and oxygen atoms in total. The van der Waals surface area contributed by atoms with Gasteiger partial charge < -0.3 is 39.8 Å². The van der Waals surface area contributed by atoms with Gasteiger partial charge in [-0.15, -0.1) is 0 Å². The second-order valence-corrected chi connectivity index (χ2v) is 7.01. The van der Waals surface area contributed by atoms with E-state index in [2.05, 4.69) is 0 Å². The SMILES string of the molecule is O=C([O-])C[C@H]1CCC(=O)[C@@H]1C/C=C\CCO[C@@H]1O[C@H](CO)[C@@H](O)[C@H](O)[C@H]1O. The van der Waals surface area contributed by atoms with Crippen LogP contribution in [-0.4, -0.2) is 76.1 Å². The Labute approximate surface area is 157 Å². The van der Waals surface area contributed by atoms with Gasteiger partial charge in [0, 0.05) is 18.3 Å². The highest BCUT2D eigenvalue weighted by Crippen LogP contribution is 2.33. The van der Waals surface area contributed by atoms with Crippen molar-refractivity contribution in [3.63, 3.8) is 0 Å². The molecular weight excluding hydrogens is 360 g/mol. The van der Waals surface area contributed by atoms with E-state index in [-0.39, 0.29) is 30.6 Å². The van der Waals surface area contributed by atoms with Crippen molar-refractivity contribution in [1.82, 2.24) is 0 Å². The standard InChI is InChI=1S/C18H28O9/c19-9-13-15(23)16(24)17(25)18(27-13)26-7-3-1-2-4-11-10(8-14(21)22)5-6-12(11)20/h1-2,10-11,13,15-19,23-25H,3-9H2,(H,21,22)/p-1/b2-1-/t10-,11-,13-,15-,16+,17-,18-/m1/s1. The average molecular weight is 387 g/mol. The van der Waals surface area contributed by atoms with Crippen molar-refractivity contribution >= 4 is 11.8 Å². The molecule has 0 amide bonds. The maximum atomic E-state index is 11.9. The number of carboxylic acid groups (broad SMARTS) is 1. The van der Waals surface area contributed by atoms with Crippen LogP contribution in [0.3, 0.4) is 0 Å². The van der Waals surface area contributed by atoms with Gasteiger partial charge in [0.05, 0.1) is 13.2 Å². The largest absolute Gasteiger partial charge is 0.550 e. The predicted molar refractivity (Wildman–Crippen MR) is 88.9 cm³/mol.